The van der Waals surface area contributed by atoms with Crippen molar-refractivity contribution in [1.82, 2.24) is 0 Å². The predicted molar refractivity (Wildman–Crippen MR) is 115 cm³/mol. The number of nitrogens with two attached hydrogens (primary N) is 1. The van der Waals surface area contributed by atoms with Gasteiger partial charge >= 0.3 is 0 Å². The lowest BCUT2D eigenvalue weighted by atomic mass is 9.95. The Bertz CT molecular complexity index is 997. The lowest BCUT2D eigenvalue weighted by Crippen LogP contribution is -2.00. The molecule has 0 aromatic heterocycles. The van der Waals surface area contributed by atoms with Crippen LogP contribution in [0.5, 0.6) is 5.75 Å². The van der Waals surface area contributed by atoms with Crippen LogP contribution in [0.3, 0.4) is 0 Å². The zero-order valence-corrected chi connectivity index (χ0v) is 16.5. The van der Waals surface area contributed by atoms with E-state index in [1.807, 2.05) is 24.3 Å². The minimum atomic E-state index is -0.347. The molecule has 0 bridgehead atoms. The average Bonchev–Trinajstić information content (AvgIpc) is 2.71. The first-order valence-electron chi connectivity index (χ1n) is 8.71. The monoisotopic (exact) mass is 398 g/mol. The Hall–Kier alpha value is -2.83. The summed E-state index contributed by atoms with van der Waals surface area (Å²) in [5.41, 5.74) is 3.92. The van der Waals surface area contributed by atoms with Crippen LogP contribution in [0.2, 0.25) is 0 Å². The van der Waals surface area contributed by atoms with E-state index in [1.54, 1.807) is 36.4 Å². The molecule has 0 radical (unpaired) electrons. The molecular weight excluding hydrogens is 375 g/mol. The topological polar surface area (TPSA) is 64.3 Å². The highest BCUT2D eigenvalue weighted by Gasteiger charge is 2.17. The zero-order chi connectivity index (χ0) is 20.1. The minimum Gasteiger partial charge on any atom is -0.496 e. The summed E-state index contributed by atoms with van der Waals surface area (Å²) in [5.74, 6) is 0.0166. The second-order valence-electron chi connectivity index (χ2n) is 6.35. The van der Waals surface area contributed by atoms with E-state index < -0.39 is 0 Å². The van der Waals surface area contributed by atoms with Crippen LogP contribution >= 0.6 is 12.1 Å². The molecule has 3 aromatic carbocycles. The fourth-order valence-electron chi connectivity index (χ4n) is 3.05. The maximum absolute atomic E-state index is 15.4. The van der Waals surface area contributed by atoms with E-state index in [-0.39, 0.29) is 13.0 Å². The van der Waals surface area contributed by atoms with Crippen LogP contribution in [0.4, 0.5) is 10.1 Å². The number of anilines is 1. The summed E-state index contributed by atoms with van der Waals surface area (Å²) in [4.78, 5) is 11.7. The highest BCUT2D eigenvalue weighted by molar-refractivity contribution is 7.98. The molecule has 0 heterocycles. The van der Waals surface area contributed by atoms with Gasteiger partial charge in [0.25, 0.3) is 0 Å². The summed E-state index contributed by atoms with van der Waals surface area (Å²) in [6.45, 7) is 1.49. The van der Waals surface area contributed by atoms with Gasteiger partial charge in [0.05, 0.1) is 12.7 Å². The number of carbonyl (C=O) groups is 1. The summed E-state index contributed by atoms with van der Waals surface area (Å²) in [5, 5.41) is 5.39. The third kappa shape index (κ3) is 4.35. The van der Waals surface area contributed by atoms with E-state index in [0.29, 0.717) is 34.4 Å². The van der Waals surface area contributed by atoms with Gasteiger partial charge in [-0.15, -0.1) is 0 Å². The highest BCUT2D eigenvalue weighted by Crippen LogP contribution is 2.35. The van der Waals surface area contributed by atoms with Gasteiger partial charge in [-0.2, -0.15) is 0 Å². The lowest BCUT2D eigenvalue weighted by Gasteiger charge is -2.14. The maximum atomic E-state index is 15.4. The quantitative estimate of drug-likeness (QED) is 0.408. The van der Waals surface area contributed by atoms with Crippen LogP contribution in [0.15, 0.2) is 60.7 Å². The van der Waals surface area contributed by atoms with Crippen molar-refractivity contribution in [3.63, 3.8) is 0 Å². The minimum absolute atomic E-state index is 0. The highest BCUT2D eigenvalue weighted by atomic mass is 32.2. The zero-order valence-electron chi connectivity index (χ0n) is 15.7. The smallest absolute Gasteiger partial charge is 0.159 e. The Labute approximate surface area is 169 Å². The molecule has 0 amide bonds. The van der Waals surface area contributed by atoms with Crippen molar-refractivity contribution in [3.8, 4) is 16.9 Å². The molecule has 0 aliphatic carbocycles. The molecule has 3 rings (SSSR count). The summed E-state index contributed by atoms with van der Waals surface area (Å²) in [6.07, 6.45) is 0.436. The van der Waals surface area contributed by atoms with E-state index in [2.05, 4.69) is 4.72 Å². The number of Topliss-reactive ketones (excluding diaryl/α,β-unsaturated/α-hetero) is 1. The number of methoxy groups -OCH3 is 1. The van der Waals surface area contributed by atoms with Gasteiger partial charge in [-0.25, -0.2) is 4.39 Å². The van der Waals surface area contributed by atoms with Crippen molar-refractivity contribution in [3.05, 3.63) is 83.2 Å². The Morgan fingerprint density at radius 1 is 1.18 bits per heavy atom. The van der Waals surface area contributed by atoms with Gasteiger partial charge in [-0.05, 0) is 47.9 Å². The van der Waals surface area contributed by atoms with Crippen LogP contribution < -0.4 is 14.6 Å². The van der Waals surface area contributed by atoms with E-state index in [1.165, 1.54) is 14.0 Å². The van der Waals surface area contributed by atoms with Crippen LogP contribution in [0.25, 0.3) is 11.1 Å². The normalized spacial score (nSPS) is 10.6. The summed E-state index contributed by atoms with van der Waals surface area (Å²) < 4.78 is 23.8. The molecule has 0 aliphatic heterocycles. The molecule has 0 saturated heterocycles. The number of ketones is 1. The second-order valence-corrected chi connectivity index (χ2v) is 6.79. The number of hydrogen-bond acceptors (Lipinski definition) is 5. The molecular formula is C22H23FN2O2S. The first-order chi connectivity index (χ1) is 13.5. The largest absolute Gasteiger partial charge is 0.496 e. The third-order valence-electron chi connectivity index (χ3n) is 4.49. The van der Waals surface area contributed by atoms with Crippen molar-refractivity contribution in [2.24, 2.45) is 5.14 Å². The Balaban J connectivity index is 0.00000300. The molecule has 0 unspecified atom stereocenters. The van der Waals surface area contributed by atoms with Crippen molar-refractivity contribution in [2.45, 2.75) is 13.3 Å². The van der Waals surface area contributed by atoms with Crippen LogP contribution in [-0.4, -0.2) is 12.9 Å². The van der Waals surface area contributed by atoms with Crippen molar-refractivity contribution in [2.75, 3.05) is 11.8 Å². The molecule has 0 atom stereocenters. The van der Waals surface area contributed by atoms with Gasteiger partial charge in [0, 0.05) is 31.2 Å². The fraction of sp³-hybridized carbons (Fsp3) is 0.136. The first kappa shape index (κ1) is 19.9. The SMILES string of the molecule is COc1ccc(Cc2ccc(NSN)cc2)c(F)c1-c1cccc(C(C)=O)c1.[HH]. The number of carbonyl (C=O) groups excluding carboxylic acids is 1. The molecule has 0 fully saturated rings. The predicted octanol–water partition coefficient (Wildman–Crippen LogP) is 5.47. The second kappa shape index (κ2) is 8.91. The van der Waals surface area contributed by atoms with Crippen LogP contribution in [0, 0.1) is 5.82 Å². The van der Waals surface area contributed by atoms with Gasteiger partial charge in [0.15, 0.2) is 5.78 Å². The third-order valence-corrected chi connectivity index (χ3v) is 4.84. The van der Waals surface area contributed by atoms with Crippen molar-refractivity contribution in [1.29, 1.82) is 0 Å². The number of halogens is 1. The first-order valence-corrected chi connectivity index (χ1v) is 9.59. The number of benzene rings is 3. The molecule has 4 nitrogen and oxygen atoms in total. The number of hydrogen-bond donors (Lipinski definition) is 2. The molecule has 3 N–H and O–H groups in total. The summed E-state index contributed by atoms with van der Waals surface area (Å²) >= 11 is 1.03. The fourth-order valence-corrected chi connectivity index (χ4v) is 3.32. The molecule has 0 aliphatic rings. The number of ether oxygens (including phenoxy) is 1. The Morgan fingerprint density at radius 2 is 1.93 bits per heavy atom. The average molecular weight is 399 g/mol. The lowest BCUT2D eigenvalue weighted by molar-refractivity contribution is 0.101. The molecule has 0 spiro atoms. The molecule has 3 aromatic rings. The van der Waals surface area contributed by atoms with Gasteiger partial charge < -0.3 is 9.46 Å². The molecule has 6 heteroatoms. The van der Waals surface area contributed by atoms with E-state index in [4.69, 9.17) is 9.88 Å². The Kier molecular flexibility index (Phi) is 6.34. The van der Waals surface area contributed by atoms with E-state index >= 15 is 4.39 Å². The van der Waals surface area contributed by atoms with Crippen LogP contribution in [-0.2, 0) is 6.42 Å². The standard InChI is InChI=1S/C22H21FN2O2S.H2/c1-14(26)16-4-3-5-17(13-16)21-20(27-2)11-8-18(22(21)23)12-15-6-9-19(10-7-15)25-28-24;/h3-11,13,25H,12,24H2,1-2H3;1H. The molecule has 0 saturated carbocycles. The van der Waals surface area contributed by atoms with Crippen molar-refractivity contribution >= 4 is 23.6 Å². The van der Waals surface area contributed by atoms with Crippen molar-refractivity contribution < 1.29 is 15.3 Å². The maximum Gasteiger partial charge on any atom is 0.159 e. The molecule has 28 heavy (non-hydrogen) atoms. The summed E-state index contributed by atoms with van der Waals surface area (Å²) in [7, 11) is 1.51. The van der Waals surface area contributed by atoms with E-state index in [9.17, 15) is 4.79 Å². The Morgan fingerprint density at radius 3 is 2.57 bits per heavy atom. The van der Waals surface area contributed by atoms with Gasteiger partial charge in [-0.3, -0.25) is 9.93 Å². The number of rotatable bonds is 7. The van der Waals surface area contributed by atoms with Gasteiger partial charge in [0.1, 0.15) is 11.6 Å². The van der Waals surface area contributed by atoms with Crippen LogP contribution in [0.1, 0.15) is 29.8 Å². The van der Waals surface area contributed by atoms with Gasteiger partial charge in [0.2, 0.25) is 0 Å². The molecule has 146 valence electrons. The summed E-state index contributed by atoms with van der Waals surface area (Å²) in [6, 6.07) is 18.1. The number of nitrogens with one attached hydrogen (secondary N) is 1. The van der Waals surface area contributed by atoms with Gasteiger partial charge in [-0.1, -0.05) is 36.4 Å². The van der Waals surface area contributed by atoms with E-state index in [0.717, 1.165) is 23.4 Å².